The zero-order valence-electron chi connectivity index (χ0n) is 6.52. The third kappa shape index (κ3) is 1.25. The molecule has 1 heterocycles. The summed E-state index contributed by atoms with van der Waals surface area (Å²) in [7, 11) is 2.12. The number of likely N-dealkylation sites (tertiary alicyclic amines) is 1. The van der Waals surface area contributed by atoms with Crippen LogP contribution in [0.15, 0.2) is 0 Å². The van der Waals surface area contributed by atoms with Crippen LogP contribution in [0.4, 0.5) is 0 Å². The summed E-state index contributed by atoms with van der Waals surface area (Å²) in [6, 6.07) is 0.363. The van der Waals surface area contributed by atoms with Crippen LogP contribution in [-0.2, 0) is 0 Å². The standard InChI is InChI=1S/C7H16N2/c1-7(2)5-9(3)4-6(7)8/h6H,4-5,8H2,1-3H3. The molecule has 0 aromatic rings. The zero-order valence-corrected chi connectivity index (χ0v) is 6.52. The molecule has 0 bridgehead atoms. The van der Waals surface area contributed by atoms with E-state index >= 15 is 0 Å². The highest BCUT2D eigenvalue weighted by Crippen LogP contribution is 2.26. The lowest BCUT2D eigenvalue weighted by Gasteiger charge is -2.21. The van der Waals surface area contributed by atoms with Crippen LogP contribution in [0.2, 0.25) is 0 Å². The maximum absolute atomic E-state index is 5.86. The third-order valence-electron chi connectivity index (χ3n) is 2.19. The van der Waals surface area contributed by atoms with Gasteiger partial charge in [-0.15, -0.1) is 0 Å². The van der Waals surface area contributed by atoms with Gasteiger partial charge in [-0.3, -0.25) is 0 Å². The Morgan fingerprint density at radius 2 is 2.11 bits per heavy atom. The van der Waals surface area contributed by atoms with Gasteiger partial charge in [-0.1, -0.05) is 13.8 Å². The Hall–Kier alpha value is -0.0800. The van der Waals surface area contributed by atoms with Crippen LogP contribution in [0.1, 0.15) is 13.8 Å². The Bertz CT molecular complexity index is 109. The monoisotopic (exact) mass is 128 g/mol. The zero-order chi connectivity index (χ0) is 7.07. The fraction of sp³-hybridized carbons (Fsp3) is 1.00. The van der Waals surface area contributed by atoms with E-state index in [0.29, 0.717) is 11.5 Å². The fourth-order valence-corrected chi connectivity index (χ4v) is 1.46. The van der Waals surface area contributed by atoms with E-state index in [1.807, 2.05) is 0 Å². The molecule has 0 aromatic carbocycles. The van der Waals surface area contributed by atoms with Gasteiger partial charge < -0.3 is 10.6 Å². The molecule has 0 aromatic heterocycles. The van der Waals surface area contributed by atoms with Gasteiger partial charge in [-0.2, -0.15) is 0 Å². The number of nitrogens with zero attached hydrogens (tertiary/aromatic N) is 1. The summed E-state index contributed by atoms with van der Waals surface area (Å²) in [4.78, 5) is 2.28. The van der Waals surface area contributed by atoms with E-state index in [1.165, 1.54) is 0 Å². The third-order valence-corrected chi connectivity index (χ3v) is 2.19. The molecule has 1 saturated heterocycles. The first-order chi connectivity index (χ1) is 4.02. The number of rotatable bonds is 0. The van der Waals surface area contributed by atoms with Crippen LogP contribution in [0.5, 0.6) is 0 Å². The Morgan fingerprint density at radius 3 is 2.22 bits per heavy atom. The van der Waals surface area contributed by atoms with Gasteiger partial charge in [-0.25, -0.2) is 0 Å². The molecule has 0 radical (unpaired) electrons. The Morgan fingerprint density at radius 1 is 1.56 bits per heavy atom. The van der Waals surface area contributed by atoms with E-state index in [2.05, 4.69) is 25.8 Å². The molecule has 1 atom stereocenters. The van der Waals surface area contributed by atoms with Crippen molar-refractivity contribution >= 4 is 0 Å². The molecule has 9 heavy (non-hydrogen) atoms. The van der Waals surface area contributed by atoms with Gasteiger partial charge >= 0.3 is 0 Å². The second-order valence-electron chi connectivity index (χ2n) is 3.79. The molecule has 0 aliphatic carbocycles. The lowest BCUT2D eigenvalue weighted by atomic mass is 9.89. The van der Waals surface area contributed by atoms with E-state index in [-0.39, 0.29) is 0 Å². The van der Waals surface area contributed by atoms with Crippen molar-refractivity contribution in [2.75, 3.05) is 20.1 Å². The summed E-state index contributed by atoms with van der Waals surface area (Å²) < 4.78 is 0. The maximum atomic E-state index is 5.86. The normalized spacial score (nSPS) is 35.3. The van der Waals surface area contributed by atoms with Gasteiger partial charge in [0.15, 0.2) is 0 Å². The molecule has 1 rings (SSSR count). The van der Waals surface area contributed by atoms with Gasteiger partial charge in [0.2, 0.25) is 0 Å². The minimum Gasteiger partial charge on any atom is -0.326 e. The molecular formula is C7H16N2. The molecule has 0 saturated carbocycles. The molecule has 1 aliphatic heterocycles. The van der Waals surface area contributed by atoms with Crippen LogP contribution in [0.25, 0.3) is 0 Å². The second-order valence-corrected chi connectivity index (χ2v) is 3.79. The Labute approximate surface area is 57.0 Å². The molecule has 0 spiro atoms. The van der Waals surface area contributed by atoms with Crippen molar-refractivity contribution in [3.8, 4) is 0 Å². The highest BCUT2D eigenvalue weighted by atomic mass is 15.2. The van der Waals surface area contributed by atoms with Crippen molar-refractivity contribution in [2.24, 2.45) is 11.1 Å². The smallest absolute Gasteiger partial charge is 0.0232 e. The van der Waals surface area contributed by atoms with E-state index < -0.39 is 0 Å². The Kier molecular flexibility index (Phi) is 1.53. The SMILES string of the molecule is CN1CC(N)C(C)(C)C1. The molecule has 2 heteroatoms. The van der Waals surface area contributed by atoms with E-state index in [1.54, 1.807) is 0 Å². The molecule has 1 unspecified atom stereocenters. The van der Waals surface area contributed by atoms with Gasteiger partial charge in [-0.05, 0) is 12.5 Å². The predicted octanol–water partition coefficient (Wildman–Crippen LogP) is 0.285. The molecule has 1 fully saturated rings. The van der Waals surface area contributed by atoms with Gasteiger partial charge in [0.25, 0.3) is 0 Å². The first-order valence-corrected chi connectivity index (χ1v) is 3.46. The summed E-state index contributed by atoms with van der Waals surface area (Å²) in [5.41, 5.74) is 6.19. The van der Waals surface area contributed by atoms with Crippen LogP contribution in [0, 0.1) is 5.41 Å². The molecule has 2 nitrogen and oxygen atoms in total. The van der Waals surface area contributed by atoms with Gasteiger partial charge in [0.1, 0.15) is 0 Å². The average molecular weight is 128 g/mol. The second kappa shape index (κ2) is 1.96. The van der Waals surface area contributed by atoms with Crippen LogP contribution >= 0.6 is 0 Å². The van der Waals surface area contributed by atoms with Crippen LogP contribution in [-0.4, -0.2) is 31.1 Å². The van der Waals surface area contributed by atoms with Crippen LogP contribution < -0.4 is 5.73 Å². The lowest BCUT2D eigenvalue weighted by molar-refractivity contribution is 0.324. The largest absolute Gasteiger partial charge is 0.326 e. The highest BCUT2D eigenvalue weighted by molar-refractivity contribution is 4.91. The van der Waals surface area contributed by atoms with E-state index in [4.69, 9.17) is 5.73 Å². The fourth-order valence-electron chi connectivity index (χ4n) is 1.46. The van der Waals surface area contributed by atoms with Crippen LogP contribution in [0.3, 0.4) is 0 Å². The van der Waals surface area contributed by atoms with Gasteiger partial charge in [0.05, 0.1) is 0 Å². The van der Waals surface area contributed by atoms with Crippen molar-refractivity contribution in [3.05, 3.63) is 0 Å². The van der Waals surface area contributed by atoms with Gasteiger partial charge in [0, 0.05) is 19.1 Å². The first kappa shape index (κ1) is 7.03. The van der Waals surface area contributed by atoms with Crippen molar-refractivity contribution in [1.82, 2.24) is 4.90 Å². The summed E-state index contributed by atoms with van der Waals surface area (Å²) in [6.07, 6.45) is 0. The maximum Gasteiger partial charge on any atom is 0.0232 e. The summed E-state index contributed by atoms with van der Waals surface area (Å²) in [5.74, 6) is 0. The predicted molar refractivity (Wildman–Crippen MR) is 39.3 cm³/mol. The molecule has 2 N–H and O–H groups in total. The highest BCUT2D eigenvalue weighted by Gasteiger charge is 2.34. The van der Waals surface area contributed by atoms with Crippen molar-refractivity contribution in [3.63, 3.8) is 0 Å². The first-order valence-electron chi connectivity index (χ1n) is 3.46. The van der Waals surface area contributed by atoms with Crippen molar-refractivity contribution in [2.45, 2.75) is 19.9 Å². The summed E-state index contributed by atoms with van der Waals surface area (Å²) in [6.45, 7) is 6.63. The average Bonchev–Trinajstić information content (AvgIpc) is 1.79. The minimum absolute atomic E-state index is 0.328. The number of hydrogen-bond donors (Lipinski definition) is 1. The summed E-state index contributed by atoms with van der Waals surface area (Å²) in [5, 5.41) is 0. The number of likely N-dealkylation sites (N-methyl/N-ethyl adjacent to an activating group) is 1. The topological polar surface area (TPSA) is 29.3 Å². The quantitative estimate of drug-likeness (QED) is 0.508. The molecule has 54 valence electrons. The van der Waals surface area contributed by atoms with Crippen molar-refractivity contribution < 1.29 is 0 Å². The molecule has 0 amide bonds. The van der Waals surface area contributed by atoms with E-state index in [0.717, 1.165) is 13.1 Å². The number of nitrogens with two attached hydrogens (primary N) is 1. The Balaban J connectivity index is 2.58. The lowest BCUT2D eigenvalue weighted by Crippen LogP contribution is -2.35. The number of hydrogen-bond acceptors (Lipinski definition) is 2. The summed E-state index contributed by atoms with van der Waals surface area (Å²) >= 11 is 0. The molecular weight excluding hydrogens is 112 g/mol. The minimum atomic E-state index is 0.328. The van der Waals surface area contributed by atoms with E-state index in [9.17, 15) is 0 Å². The van der Waals surface area contributed by atoms with Crippen molar-refractivity contribution in [1.29, 1.82) is 0 Å². The molecule has 1 aliphatic rings.